The second-order valence-electron chi connectivity index (χ2n) is 6.16. The van der Waals surface area contributed by atoms with Crippen molar-refractivity contribution >= 4 is 34.7 Å². The predicted molar refractivity (Wildman–Crippen MR) is 99.4 cm³/mol. The highest BCUT2D eigenvalue weighted by molar-refractivity contribution is 6.09. The summed E-state index contributed by atoms with van der Waals surface area (Å²) in [5.41, 5.74) is 0.0405. The molecule has 0 saturated heterocycles. The Balaban J connectivity index is 1.77. The summed E-state index contributed by atoms with van der Waals surface area (Å²) in [4.78, 5) is 36.5. The van der Waals surface area contributed by atoms with Crippen LogP contribution in [0.1, 0.15) is 31.3 Å². The summed E-state index contributed by atoms with van der Waals surface area (Å²) in [5, 5.41) is 15.6. The van der Waals surface area contributed by atoms with Gasteiger partial charge in [0.2, 0.25) is 5.76 Å². The van der Waals surface area contributed by atoms with Crippen LogP contribution in [-0.2, 0) is 0 Å². The van der Waals surface area contributed by atoms with Crippen molar-refractivity contribution in [3.63, 3.8) is 0 Å². The Bertz CT molecular complexity index is 1290. The number of carboxylic acid groups (broad SMARTS) is 1. The summed E-state index contributed by atoms with van der Waals surface area (Å²) in [6.45, 7) is 0. The van der Waals surface area contributed by atoms with Crippen molar-refractivity contribution in [2.24, 2.45) is 0 Å². The molecular weight excluding hydrogens is 400 g/mol. The number of nitrogens with one attached hydrogen (secondary N) is 1. The summed E-state index contributed by atoms with van der Waals surface area (Å²) in [6.07, 6.45) is 0. The first-order chi connectivity index (χ1) is 14.3. The number of amides is 1. The Kier molecular flexibility index (Phi) is 4.59. The molecule has 4 aromatic rings. The number of nitrogens with zero attached hydrogens (tertiary/aromatic N) is 2. The van der Waals surface area contributed by atoms with Gasteiger partial charge in [-0.2, -0.15) is 4.68 Å². The Morgan fingerprint density at radius 3 is 2.07 bits per heavy atom. The van der Waals surface area contributed by atoms with Gasteiger partial charge in [-0.1, -0.05) is 0 Å². The van der Waals surface area contributed by atoms with Crippen LogP contribution in [0.2, 0.25) is 0 Å². The number of carbonyl (C=O) groups is 3. The Labute approximate surface area is 166 Å². The minimum Gasteiger partial charge on any atom is -0.475 e. The third kappa shape index (κ3) is 3.41. The van der Waals surface area contributed by atoms with Crippen LogP contribution in [-0.4, -0.2) is 32.7 Å². The van der Waals surface area contributed by atoms with E-state index in [0.29, 0.717) is 0 Å². The number of carbonyl (C=O) groups excluding carboxylic acids is 2. The van der Waals surface area contributed by atoms with Crippen LogP contribution < -0.4 is 5.32 Å². The van der Waals surface area contributed by atoms with E-state index in [1.54, 1.807) is 0 Å². The fraction of sp³-hybridized carbons (Fsp3) is 0. The van der Waals surface area contributed by atoms with Gasteiger partial charge in [0, 0.05) is 17.2 Å². The summed E-state index contributed by atoms with van der Waals surface area (Å²) in [7, 11) is 0. The largest absolute Gasteiger partial charge is 0.475 e. The number of hydrogen-bond donors (Lipinski definition) is 2. The molecular formula is C20H11F2N3O5. The SMILES string of the molecule is O=C(Nc1nn(C(=O)c2ccc(F)cc2)c2cc(C(=O)O)oc12)c1ccc(F)cc1. The summed E-state index contributed by atoms with van der Waals surface area (Å²) < 4.78 is 32.3. The van der Waals surface area contributed by atoms with E-state index in [4.69, 9.17) is 4.42 Å². The molecule has 8 nitrogen and oxygen atoms in total. The molecule has 0 bridgehead atoms. The van der Waals surface area contributed by atoms with E-state index in [1.807, 2.05) is 0 Å². The number of hydrogen-bond acceptors (Lipinski definition) is 5. The molecule has 0 aliphatic heterocycles. The van der Waals surface area contributed by atoms with Gasteiger partial charge in [-0.05, 0) is 48.5 Å². The van der Waals surface area contributed by atoms with Gasteiger partial charge < -0.3 is 14.8 Å². The summed E-state index contributed by atoms with van der Waals surface area (Å²) >= 11 is 0. The van der Waals surface area contributed by atoms with Crippen LogP contribution in [0.3, 0.4) is 0 Å². The van der Waals surface area contributed by atoms with Crippen molar-refractivity contribution in [1.82, 2.24) is 9.78 Å². The van der Waals surface area contributed by atoms with Crippen molar-refractivity contribution in [2.75, 3.05) is 5.32 Å². The lowest BCUT2D eigenvalue weighted by Crippen LogP contribution is -2.16. The minimum atomic E-state index is -1.39. The lowest BCUT2D eigenvalue weighted by atomic mass is 10.2. The van der Waals surface area contributed by atoms with E-state index in [1.165, 1.54) is 24.3 Å². The number of carboxylic acids is 1. The number of rotatable bonds is 4. The molecule has 2 heterocycles. The molecule has 2 aromatic carbocycles. The molecule has 0 fully saturated rings. The van der Waals surface area contributed by atoms with Crippen LogP contribution in [0.5, 0.6) is 0 Å². The Morgan fingerprint density at radius 1 is 0.933 bits per heavy atom. The standard InChI is InChI=1S/C20H11F2N3O5/c21-12-5-1-10(2-6-12)18(26)23-17-16-14(9-15(30-16)20(28)29)25(24-17)19(27)11-3-7-13(22)8-4-11/h1-9H,(H,28,29)(H,23,24,26). The molecule has 4 rings (SSSR count). The molecule has 0 unspecified atom stereocenters. The van der Waals surface area contributed by atoms with Crippen LogP contribution >= 0.6 is 0 Å². The molecule has 30 heavy (non-hydrogen) atoms. The number of halogens is 2. The molecule has 150 valence electrons. The first-order valence-electron chi connectivity index (χ1n) is 8.46. The highest BCUT2D eigenvalue weighted by atomic mass is 19.1. The van der Waals surface area contributed by atoms with Crippen molar-refractivity contribution in [3.8, 4) is 0 Å². The maximum absolute atomic E-state index is 13.1. The van der Waals surface area contributed by atoms with Gasteiger partial charge in [0.25, 0.3) is 11.8 Å². The number of aromatic nitrogens is 2. The number of fused-ring (bicyclic) bond motifs is 1. The van der Waals surface area contributed by atoms with E-state index in [-0.39, 0.29) is 28.0 Å². The third-order valence-corrected chi connectivity index (χ3v) is 4.19. The summed E-state index contributed by atoms with van der Waals surface area (Å²) in [6, 6.07) is 10.4. The first kappa shape index (κ1) is 19.0. The lowest BCUT2D eigenvalue weighted by Gasteiger charge is -2.03. The second-order valence-corrected chi connectivity index (χ2v) is 6.16. The molecule has 1 amide bonds. The van der Waals surface area contributed by atoms with Gasteiger partial charge >= 0.3 is 5.97 Å². The third-order valence-electron chi connectivity index (χ3n) is 4.19. The van der Waals surface area contributed by atoms with Crippen molar-refractivity contribution in [1.29, 1.82) is 0 Å². The highest BCUT2D eigenvalue weighted by Gasteiger charge is 2.25. The molecule has 0 aliphatic rings. The molecule has 0 atom stereocenters. The normalized spacial score (nSPS) is 10.9. The quantitative estimate of drug-likeness (QED) is 0.531. The second kappa shape index (κ2) is 7.24. The number of aromatic carboxylic acids is 1. The molecule has 0 aliphatic carbocycles. The number of anilines is 1. The number of benzene rings is 2. The first-order valence-corrected chi connectivity index (χ1v) is 8.46. The van der Waals surface area contributed by atoms with Gasteiger partial charge in [0.15, 0.2) is 11.4 Å². The van der Waals surface area contributed by atoms with Gasteiger partial charge in [0.1, 0.15) is 17.2 Å². The zero-order valence-corrected chi connectivity index (χ0v) is 14.9. The van der Waals surface area contributed by atoms with Gasteiger partial charge in [0.05, 0.1) is 0 Å². The van der Waals surface area contributed by atoms with E-state index in [0.717, 1.165) is 35.0 Å². The van der Waals surface area contributed by atoms with E-state index >= 15 is 0 Å². The fourth-order valence-electron chi connectivity index (χ4n) is 2.75. The average Bonchev–Trinajstić information content (AvgIpc) is 3.29. The minimum absolute atomic E-state index is 0.00358. The zero-order chi connectivity index (χ0) is 21.4. The maximum atomic E-state index is 13.1. The summed E-state index contributed by atoms with van der Waals surface area (Å²) in [5.74, 6) is -4.50. The lowest BCUT2D eigenvalue weighted by molar-refractivity contribution is 0.0664. The van der Waals surface area contributed by atoms with Gasteiger partial charge in [-0.3, -0.25) is 9.59 Å². The molecule has 10 heteroatoms. The highest BCUT2D eigenvalue weighted by Crippen LogP contribution is 2.28. The van der Waals surface area contributed by atoms with Crippen molar-refractivity contribution in [3.05, 3.63) is 83.1 Å². The average molecular weight is 411 g/mol. The Morgan fingerprint density at radius 2 is 1.50 bits per heavy atom. The van der Waals surface area contributed by atoms with Crippen molar-refractivity contribution in [2.45, 2.75) is 0 Å². The smallest absolute Gasteiger partial charge is 0.371 e. The topological polar surface area (TPSA) is 114 Å². The van der Waals surface area contributed by atoms with Gasteiger partial charge in [-0.15, -0.1) is 5.10 Å². The van der Waals surface area contributed by atoms with E-state index < -0.39 is 35.2 Å². The number of furan rings is 1. The van der Waals surface area contributed by atoms with E-state index in [2.05, 4.69) is 10.4 Å². The van der Waals surface area contributed by atoms with Crippen molar-refractivity contribution < 1.29 is 32.7 Å². The van der Waals surface area contributed by atoms with Crippen LogP contribution in [0.4, 0.5) is 14.6 Å². The molecule has 2 N–H and O–H groups in total. The Hall–Kier alpha value is -4.34. The van der Waals surface area contributed by atoms with Crippen LogP contribution in [0.15, 0.2) is 59.0 Å². The monoisotopic (exact) mass is 411 g/mol. The van der Waals surface area contributed by atoms with Gasteiger partial charge in [-0.25, -0.2) is 13.6 Å². The zero-order valence-electron chi connectivity index (χ0n) is 14.9. The van der Waals surface area contributed by atoms with Crippen LogP contribution in [0, 0.1) is 11.6 Å². The fourth-order valence-corrected chi connectivity index (χ4v) is 2.75. The molecule has 0 radical (unpaired) electrons. The molecule has 0 spiro atoms. The van der Waals surface area contributed by atoms with Crippen LogP contribution in [0.25, 0.3) is 11.1 Å². The molecule has 2 aromatic heterocycles. The van der Waals surface area contributed by atoms with E-state index in [9.17, 15) is 28.3 Å². The molecule has 0 saturated carbocycles. The predicted octanol–water partition coefficient (Wildman–Crippen LogP) is 3.55. The maximum Gasteiger partial charge on any atom is 0.371 e.